The number of fused-ring (bicyclic) bond motifs is 1. The Kier molecular flexibility index (Phi) is 4.13. The maximum atomic E-state index is 12.2. The number of hydrogen-bond donors (Lipinski definition) is 1. The van der Waals surface area contributed by atoms with Gasteiger partial charge in [-0.15, -0.1) is 11.3 Å². The molecule has 7 heteroatoms. The highest BCUT2D eigenvalue weighted by Crippen LogP contribution is 2.32. The molecule has 22 heavy (non-hydrogen) atoms. The molecule has 0 aliphatic rings. The molecule has 0 spiro atoms. The van der Waals surface area contributed by atoms with Crippen molar-refractivity contribution in [3.05, 3.63) is 46.3 Å². The fourth-order valence-corrected chi connectivity index (χ4v) is 3.57. The van der Waals surface area contributed by atoms with Crippen molar-refractivity contribution in [2.75, 3.05) is 0 Å². The summed E-state index contributed by atoms with van der Waals surface area (Å²) in [4.78, 5) is 17.2. The van der Waals surface area contributed by atoms with E-state index in [2.05, 4.69) is 22.3 Å². The number of benzene rings is 1. The number of carbonyl (C=O) groups excluding carboxylic acids is 1. The second kappa shape index (κ2) is 6.06. The molecule has 1 amide bonds. The van der Waals surface area contributed by atoms with Crippen molar-refractivity contribution in [1.82, 2.24) is 20.1 Å². The maximum absolute atomic E-state index is 12.2. The summed E-state index contributed by atoms with van der Waals surface area (Å²) < 4.78 is 2.71. The van der Waals surface area contributed by atoms with Crippen LogP contribution in [0.15, 0.2) is 30.9 Å². The first kappa shape index (κ1) is 15.0. The van der Waals surface area contributed by atoms with Crippen LogP contribution in [0.5, 0.6) is 0 Å². The van der Waals surface area contributed by atoms with Gasteiger partial charge in [-0.1, -0.05) is 11.6 Å². The first-order valence-corrected chi connectivity index (χ1v) is 8.05. The monoisotopic (exact) mass is 334 g/mol. The van der Waals surface area contributed by atoms with Gasteiger partial charge < -0.3 is 5.32 Å². The van der Waals surface area contributed by atoms with Crippen LogP contribution in [0.1, 0.15) is 23.4 Å². The van der Waals surface area contributed by atoms with Gasteiger partial charge >= 0.3 is 0 Å². The van der Waals surface area contributed by atoms with Crippen molar-refractivity contribution < 1.29 is 4.79 Å². The van der Waals surface area contributed by atoms with Crippen LogP contribution in [0, 0.1) is 6.92 Å². The van der Waals surface area contributed by atoms with Crippen molar-refractivity contribution in [1.29, 1.82) is 0 Å². The normalized spacial score (nSPS) is 12.5. The molecule has 0 saturated carbocycles. The van der Waals surface area contributed by atoms with Gasteiger partial charge in [0.2, 0.25) is 5.91 Å². The van der Waals surface area contributed by atoms with E-state index in [-0.39, 0.29) is 11.9 Å². The summed E-state index contributed by atoms with van der Waals surface area (Å²) in [6, 6.07) is 5.48. The largest absolute Gasteiger partial charge is 0.349 e. The Morgan fingerprint density at radius 3 is 3.05 bits per heavy atom. The molecule has 1 aromatic carbocycles. The number of amides is 1. The van der Waals surface area contributed by atoms with Gasteiger partial charge in [0.25, 0.3) is 0 Å². The maximum Gasteiger partial charge on any atom is 0.244 e. The van der Waals surface area contributed by atoms with Crippen molar-refractivity contribution in [3.63, 3.8) is 0 Å². The Hall–Kier alpha value is -1.92. The number of carbonyl (C=O) groups is 1. The van der Waals surface area contributed by atoms with E-state index in [1.165, 1.54) is 22.0 Å². The third kappa shape index (κ3) is 2.84. The summed E-state index contributed by atoms with van der Waals surface area (Å²) in [7, 11) is 0. The van der Waals surface area contributed by atoms with Crippen LogP contribution in [0.3, 0.4) is 0 Å². The van der Waals surface area contributed by atoms with E-state index in [4.69, 9.17) is 11.6 Å². The van der Waals surface area contributed by atoms with Gasteiger partial charge in [-0.2, -0.15) is 5.10 Å². The van der Waals surface area contributed by atoms with Crippen LogP contribution in [0.2, 0.25) is 5.02 Å². The number of rotatable bonds is 4. The molecular weight excluding hydrogens is 320 g/mol. The van der Waals surface area contributed by atoms with Crippen LogP contribution in [0.4, 0.5) is 0 Å². The minimum atomic E-state index is -0.383. The summed E-state index contributed by atoms with van der Waals surface area (Å²) in [5, 5.41) is 8.81. The summed E-state index contributed by atoms with van der Waals surface area (Å²) in [6.45, 7) is 4.35. The van der Waals surface area contributed by atoms with Crippen LogP contribution in [0.25, 0.3) is 10.1 Å². The quantitative estimate of drug-likeness (QED) is 0.796. The highest BCUT2D eigenvalue weighted by Gasteiger charge is 2.16. The number of thiophene rings is 1. The second-order valence-electron chi connectivity index (χ2n) is 5.06. The third-order valence-corrected chi connectivity index (χ3v) is 5.14. The molecule has 1 N–H and O–H groups in total. The fourth-order valence-electron chi connectivity index (χ4n) is 2.27. The molecule has 0 aliphatic heterocycles. The lowest BCUT2D eigenvalue weighted by Crippen LogP contribution is -2.30. The number of halogens is 1. The standard InChI is InChI=1S/C15H15ClN4OS/c1-9-12-5-11(16)3-4-13(12)22-14(9)6-18-15(21)10(2)20-8-17-7-19-20/h3-5,7-8,10H,6H2,1-2H3,(H,18,21). The summed E-state index contributed by atoms with van der Waals surface area (Å²) >= 11 is 7.72. The lowest BCUT2D eigenvalue weighted by molar-refractivity contribution is -0.124. The van der Waals surface area contributed by atoms with Gasteiger partial charge in [0.1, 0.15) is 18.7 Å². The van der Waals surface area contributed by atoms with Gasteiger partial charge in [0, 0.05) is 14.6 Å². The highest BCUT2D eigenvalue weighted by molar-refractivity contribution is 7.19. The Morgan fingerprint density at radius 2 is 2.32 bits per heavy atom. The van der Waals surface area contributed by atoms with E-state index in [1.807, 2.05) is 18.2 Å². The number of nitrogens with zero attached hydrogens (tertiary/aromatic N) is 3. The first-order valence-electron chi connectivity index (χ1n) is 6.85. The summed E-state index contributed by atoms with van der Waals surface area (Å²) in [6.07, 6.45) is 2.96. The van der Waals surface area contributed by atoms with E-state index in [0.29, 0.717) is 6.54 Å². The lowest BCUT2D eigenvalue weighted by Gasteiger charge is -2.11. The molecule has 1 unspecified atom stereocenters. The van der Waals surface area contributed by atoms with E-state index in [1.54, 1.807) is 18.3 Å². The molecule has 0 fully saturated rings. The van der Waals surface area contributed by atoms with E-state index in [9.17, 15) is 4.79 Å². The smallest absolute Gasteiger partial charge is 0.244 e. The molecule has 0 saturated heterocycles. The average molecular weight is 335 g/mol. The minimum absolute atomic E-state index is 0.0830. The van der Waals surface area contributed by atoms with Gasteiger partial charge in [0.05, 0.1) is 6.54 Å². The highest BCUT2D eigenvalue weighted by atomic mass is 35.5. The van der Waals surface area contributed by atoms with E-state index in [0.717, 1.165) is 20.8 Å². The van der Waals surface area contributed by atoms with Crippen molar-refractivity contribution >= 4 is 38.9 Å². The molecule has 3 rings (SSSR count). The fraction of sp³-hybridized carbons (Fsp3) is 0.267. The summed E-state index contributed by atoms with van der Waals surface area (Å²) in [5.74, 6) is -0.0830. The van der Waals surface area contributed by atoms with Gasteiger partial charge in [0.15, 0.2) is 0 Å². The molecule has 3 aromatic rings. The Bertz CT molecular complexity index is 812. The van der Waals surface area contributed by atoms with Crippen molar-refractivity contribution in [2.45, 2.75) is 26.4 Å². The first-order chi connectivity index (χ1) is 10.6. The topological polar surface area (TPSA) is 59.8 Å². The zero-order valence-electron chi connectivity index (χ0n) is 12.2. The van der Waals surface area contributed by atoms with Crippen molar-refractivity contribution in [2.24, 2.45) is 0 Å². The molecule has 0 bridgehead atoms. The van der Waals surface area contributed by atoms with E-state index >= 15 is 0 Å². The molecule has 2 aromatic heterocycles. The Balaban J connectivity index is 1.74. The Morgan fingerprint density at radius 1 is 1.50 bits per heavy atom. The van der Waals surface area contributed by atoms with Crippen LogP contribution >= 0.6 is 22.9 Å². The lowest BCUT2D eigenvalue weighted by atomic mass is 10.1. The summed E-state index contributed by atoms with van der Waals surface area (Å²) in [5.41, 5.74) is 1.16. The zero-order valence-corrected chi connectivity index (χ0v) is 13.8. The van der Waals surface area contributed by atoms with Crippen LogP contribution in [-0.4, -0.2) is 20.7 Å². The number of hydrogen-bond acceptors (Lipinski definition) is 4. The average Bonchev–Trinajstić information content (AvgIpc) is 3.14. The number of aryl methyl sites for hydroxylation is 1. The molecule has 0 radical (unpaired) electrons. The molecule has 2 heterocycles. The SMILES string of the molecule is Cc1c(CNC(=O)C(C)n2cncn2)sc2ccc(Cl)cc12. The number of aromatic nitrogens is 3. The number of nitrogens with one attached hydrogen (secondary N) is 1. The molecular formula is C15H15ClN4OS. The predicted molar refractivity (Wildman–Crippen MR) is 88.2 cm³/mol. The molecule has 0 aliphatic carbocycles. The molecule has 5 nitrogen and oxygen atoms in total. The minimum Gasteiger partial charge on any atom is -0.349 e. The predicted octanol–water partition coefficient (Wildman–Crippen LogP) is 3.33. The van der Waals surface area contributed by atoms with Gasteiger partial charge in [-0.05, 0) is 43.0 Å². The Labute approximate surface area is 136 Å². The van der Waals surface area contributed by atoms with Gasteiger partial charge in [-0.25, -0.2) is 9.67 Å². The van der Waals surface area contributed by atoms with Gasteiger partial charge in [-0.3, -0.25) is 4.79 Å². The molecule has 114 valence electrons. The zero-order chi connectivity index (χ0) is 15.7. The van der Waals surface area contributed by atoms with Crippen molar-refractivity contribution in [3.8, 4) is 0 Å². The second-order valence-corrected chi connectivity index (χ2v) is 6.63. The van der Waals surface area contributed by atoms with E-state index < -0.39 is 0 Å². The van der Waals surface area contributed by atoms with Crippen LogP contribution < -0.4 is 5.32 Å². The third-order valence-electron chi connectivity index (χ3n) is 3.63. The van der Waals surface area contributed by atoms with Crippen LogP contribution in [-0.2, 0) is 11.3 Å². The molecule has 1 atom stereocenters.